The highest BCUT2D eigenvalue weighted by Gasteiger charge is 2.36. The lowest BCUT2D eigenvalue weighted by Crippen LogP contribution is -2.44. The molecule has 0 aliphatic carbocycles. The first-order valence-corrected chi connectivity index (χ1v) is 15.4. The maximum Gasteiger partial charge on any atom is 0.252 e. The zero-order valence-corrected chi connectivity index (χ0v) is 25.1. The Bertz CT molecular complexity index is 1340. The number of nitrogens with zero attached hydrogens (tertiary/aromatic N) is 3. The van der Waals surface area contributed by atoms with Crippen molar-refractivity contribution >= 4 is 23.6 Å². The Hall–Kier alpha value is -4.28. The van der Waals surface area contributed by atoms with E-state index in [1.807, 2.05) is 42.5 Å². The molecule has 10 nitrogen and oxygen atoms in total. The number of benzene rings is 2. The Morgan fingerprint density at radius 2 is 1.32 bits per heavy atom. The first-order chi connectivity index (χ1) is 21.4. The van der Waals surface area contributed by atoms with Gasteiger partial charge in [-0.25, -0.2) is 10.5 Å². The van der Waals surface area contributed by atoms with Crippen LogP contribution in [0.4, 0.5) is 0 Å². The van der Waals surface area contributed by atoms with Crippen LogP contribution in [0.2, 0.25) is 0 Å². The average Bonchev–Trinajstić information content (AvgIpc) is 3.60. The highest BCUT2D eigenvalue weighted by atomic mass is 16.5. The van der Waals surface area contributed by atoms with Gasteiger partial charge < -0.3 is 9.80 Å². The van der Waals surface area contributed by atoms with Crippen LogP contribution < -0.4 is 5.48 Å². The van der Waals surface area contributed by atoms with Crippen LogP contribution in [0.3, 0.4) is 0 Å². The van der Waals surface area contributed by atoms with E-state index in [4.69, 9.17) is 5.21 Å². The van der Waals surface area contributed by atoms with Gasteiger partial charge in [-0.2, -0.15) is 0 Å². The predicted octanol–water partition coefficient (Wildman–Crippen LogP) is 3.83. The second-order valence-corrected chi connectivity index (χ2v) is 11.3. The van der Waals surface area contributed by atoms with Gasteiger partial charge in [-0.05, 0) is 56.1 Å². The van der Waals surface area contributed by atoms with Gasteiger partial charge in [0.1, 0.15) is 0 Å². The predicted molar refractivity (Wildman–Crippen MR) is 164 cm³/mol. The third-order valence-corrected chi connectivity index (χ3v) is 8.18. The standard InChI is InChI=1S/C34H42N4O6/c39-31(35-43)25-30(29-20-24-37(34(29)42)22-10-8-16-27-13-5-2-6-14-27)38(44)32(40)18-17-28-19-23-36(33(28)41)21-9-7-15-26-11-3-1-4-12-26/h1-6,11-14,19-20,30,43-44H,7-10,15-18,21-25H2,(H,35,39). The van der Waals surface area contributed by atoms with E-state index >= 15 is 0 Å². The molecule has 1 atom stereocenters. The topological polar surface area (TPSA) is 130 Å². The summed E-state index contributed by atoms with van der Waals surface area (Å²) in [4.78, 5) is 54.5. The summed E-state index contributed by atoms with van der Waals surface area (Å²) in [7, 11) is 0. The van der Waals surface area contributed by atoms with Crippen LogP contribution in [0.5, 0.6) is 0 Å². The van der Waals surface area contributed by atoms with Crippen molar-refractivity contribution < 1.29 is 29.6 Å². The van der Waals surface area contributed by atoms with Crippen LogP contribution in [0, 0.1) is 0 Å². The van der Waals surface area contributed by atoms with E-state index in [-0.39, 0.29) is 30.2 Å². The molecule has 10 heteroatoms. The molecule has 0 radical (unpaired) electrons. The third kappa shape index (κ3) is 9.11. The van der Waals surface area contributed by atoms with Crippen molar-refractivity contribution in [1.29, 1.82) is 0 Å². The largest absolute Gasteiger partial charge is 0.335 e. The number of rotatable bonds is 17. The minimum absolute atomic E-state index is 0.116. The average molecular weight is 603 g/mol. The Morgan fingerprint density at radius 1 is 0.773 bits per heavy atom. The lowest BCUT2D eigenvalue weighted by molar-refractivity contribution is -0.174. The normalized spacial score (nSPS) is 15.3. The van der Waals surface area contributed by atoms with Crippen molar-refractivity contribution in [2.45, 2.75) is 63.8 Å². The molecule has 1 unspecified atom stereocenters. The van der Waals surface area contributed by atoms with Crippen molar-refractivity contribution in [3.63, 3.8) is 0 Å². The van der Waals surface area contributed by atoms with Gasteiger partial charge in [-0.3, -0.25) is 29.6 Å². The molecule has 0 spiro atoms. The van der Waals surface area contributed by atoms with Gasteiger partial charge in [-0.15, -0.1) is 0 Å². The highest BCUT2D eigenvalue weighted by molar-refractivity contribution is 5.99. The molecule has 44 heavy (non-hydrogen) atoms. The van der Waals surface area contributed by atoms with Crippen molar-refractivity contribution in [1.82, 2.24) is 20.3 Å². The van der Waals surface area contributed by atoms with Gasteiger partial charge in [0.25, 0.3) is 5.91 Å². The van der Waals surface area contributed by atoms with Gasteiger partial charge in [-0.1, -0.05) is 72.8 Å². The molecule has 0 aromatic heterocycles. The summed E-state index contributed by atoms with van der Waals surface area (Å²) >= 11 is 0. The van der Waals surface area contributed by atoms with Crippen molar-refractivity contribution in [3.05, 3.63) is 95.1 Å². The summed E-state index contributed by atoms with van der Waals surface area (Å²) in [6, 6.07) is 19.0. The van der Waals surface area contributed by atoms with Gasteiger partial charge in [0.05, 0.1) is 12.5 Å². The van der Waals surface area contributed by atoms with E-state index in [0.29, 0.717) is 36.8 Å². The van der Waals surface area contributed by atoms with Gasteiger partial charge in [0, 0.05) is 43.7 Å². The van der Waals surface area contributed by atoms with Crippen LogP contribution in [-0.4, -0.2) is 81.1 Å². The number of hydroxylamine groups is 3. The Labute approximate surface area is 258 Å². The first kappa shape index (κ1) is 32.6. The molecule has 2 aromatic rings. The number of hydrogen-bond donors (Lipinski definition) is 3. The van der Waals surface area contributed by atoms with Crippen LogP contribution in [-0.2, 0) is 32.0 Å². The van der Waals surface area contributed by atoms with Crippen LogP contribution in [0.25, 0.3) is 0 Å². The zero-order valence-electron chi connectivity index (χ0n) is 25.1. The monoisotopic (exact) mass is 602 g/mol. The third-order valence-electron chi connectivity index (χ3n) is 8.18. The molecule has 2 aliphatic heterocycles. The summed E-state index contributed by atoms with van der Waals surface area (Å²) in [5, 5.41) is 20.3. The number of aryl methyl sites for hydroxylation is 2. The number of carbonyl (C=O) groups is 4. The Balaban J connectivity index is 1.23. The van der Waals surface area contributed by atoms with Crippen molar-refractivity contribution in [2.75, 3.05) is 26.2 Å². The maximum absolute atomic E-state index is 13.2. The molecule has 4 amide bonds. The molecular weight excluding hydrogens is 560 g/mol. The fraction of sp³-hybridized carbons (Fsp3) is 0.412. The van der Waals surface area contributed by atoms with E-state index in [0.717, 1.165) is 38.5 Å². The summed E-state index contributed by atoms with van der Waals surface area (Å²) in [6.07, 6.45) is 8.24. The van der Waals surface area contributed by atoms with E-state index in [1.165, 1.54) is 16.6 Å². The van der Waals surface area contributed by atoms with Crippen molar-refractivity contribution in [3.8, 4) is 0 Å². The van der Waals surface area contributed by atoms with E-state index in [9.17, 15) is 24.4 Å². The smallest absolute Gasteiger partial charge is 0.252 e. The fourth-order valence-corrected chi connectivity index (χ4v) is 5.66. The SMILES string of the molecule is O=C(CC(C1=CCN(CCCCc2ccccc2)C1=O)N(O)C(=O)CCC1=CCN(CCCCc2ccccc2)C1=O)NO. The van der Waals surface area contributed by atoms with E-state index in [1.54, 1.807) is 15.9 Å². The van der Waals surface area contributed by atoms with Crippen LogP contribution in [0.1, 0.15) is 56.1 Å². The summed E-state index contributed by atoms with van der Waals surface area (Å²) in [5.74, 6) is -2.03. The molecule has 0 bridgehead atoms. The molecule has 3 N–H and O–H groups in total. The maximum atomic E-state index is 13.2. The molecule has 0 saturated heterocycles. The lowest BCUT2D eigenvalue weighted by atomic mass is 10.0. The molecule has 0 saturated carbocycles. The summed E-state index contributed by atoms with van der Waals surface area (Å²) in [5.41, 5.74) is 4.65. The van der Waals surface area contributed by atoms with Gasteiger partial charge in [0.2, 0.25) is 17.7 Å². The fourth-order valence-electron chi connectivity index (χ4n) is 5.66. The Kier molecular flexibility index (Phi) is 12.3. The quantitative estimate of drug-likeness (QED) is 0.143. The number of nitrogens with one attached hydrogen (secondary N) is 1. The second kappa shape index (κ2) is 16.5. The molecule has 2 aromatic carbocycles. The molecule has 2 aliphatic rings. The zero-order chi connectivity index (χ0) is 31.3. The molecule has 0 fully saturated rings. The minimum Gasteiger partial charge on any atom is -0.335 e. The molecular formula is C34H42N4O6. The molecule has 234 valence electrons. The van der Waals surface area contributed by atoms with E-state index in [2.05, 4.69) is 24.3 Å². The summed E-state index contributed by atoms with van der Waals surface area (Å²) < 4.78 is 0. The highest BCUT2D eigenvalue weighted by Crippen LogP contribution is 2.24. The number of amides is 4. The first-order valence-electron chi connectivity index (χ1n) is 15.4. The Morgan fingerprint density at radius 3 is 1.89 bits per heavy atom. The molecule has 2 heterocycles. The van der Waals surface area contributed by atoms with Crippen molar-refractivity contribution in [2.24, 2.45) is 0 Å². The van der Waals surface area contributed by atoms with Gasteiger partial charge in [0.15, 0.2) is 0 Å². The van der Waals surface area contributed by atoms with Crippen LogP contribution >= 0.6 is 0 Å². The minimum atomic E-state index is -1.26. The lowest BCUT2D eigenvalue weighted by Gasteiger charge is -2.27. The second-order valence-electron chi connectivity index (χ2n) is 11.3. The van der Waals surface area contributed by atoms with Gasteiger partial charge >= 0.3 is 0 Å². The molecule has 4 rings (SSSR count). The summed E-state index contributed by atoms with van der Waals surface area (Å²) in [6.45, 7) is 1.92. The number of unbranched alkanes of at least 4 members (excludes halogenated alkanes) is 2. The number of carbonyl (C=O) groups excluding carboxylic acids is 4. The van der Waals surface area contributed by atoms with E-state index < -0.39 is 24.3 Å². The number of hydrogen-bond acceptors (Lipinski definition) is 6. The van der Waals surface area contributed by atoms with Crippen LogP contribution in [0.15, 0.2) is 84.0 Å².